The summed E-state index contributed by atoms with van der Waals surface area (Å²) in [6, 6.07) is 1.75. The molecule has 92 valence electrons. The molecule has 0 atom stereocenters. The van der Waals surface area contributed by atoms with Gasteiger partial charge in [-0.25, -0.2) is 9.59 Å². The zero-order valence-electron chi connectivity index (χ0n) is 10.1. The number of nitrogens with zero attached hydrogens (tertiary/aromatic N) is 2. The highest BCUT2D eigenvalue weighted by atomic mass is 16.4. The Morgan fingerprint density at radius 3 is 2.47 bits per heavy atom. The van der Waals surface area contributed by atoms with Crippen LogP contribution in [-0.4, -0.2) is 20.6 Å². The van der Waals surface area contributed by atoms with Gasteiger partial charge in [0.05, 0.1) is 0 Å². The molecule has 5 heteroatoms. The van der Waals surface area contributed by atoms with Gasteiger partial charge in [0.25, 0.3) is 0 Å². The Kier molecular flexibility index (Phi) is 2.77. The lowest BCUT2D eigenvalue weighted by molar-refractivity contribution is -0.147. The minimum absolute atomic E-state index is 0.452. The summed E-state index contributed by atoms with van der Waals surface area (Å²) >= 11 is 0. The Morgan fingerprint density at radius 2 is 2.00 bits per heavy atom. The molecular weight excluding hydrogens is 220 g/mol. The summed E-state index contributed by atoms with van der Waals surface area (Å²) < 4.78 is 1.36. The van der Waals surface area contributed by atoms with Crippen LogP contribution in [0.5, 0.6) is 0 Å². The van der Waals surface area contributed by atoms with Crippen LogP contribution in [0.2, 0.25) is 0 Å². The average Bonchev–Trinajstić information content (AvgIpc) is 2.66. The molecule has 1 aromatic rings. The Morgan fingerprint density at radius 1 is 1.41 bits per heavy atom. The van der Waals surface area contributed by atoms with Crippen molar-refractivity contribution in [1.82, 2.24) is 9.55 Å². The first kappa shape index (κ1) is 11.8. The van der Waals surface area contributed by atoms with Crippen LogP contribution in [0, 0.1) is 13.8 Å². The Balaban J connectivity index is 2.67. The van der Waals surface area contributed by atoms with Crippen LogP contribution in [0.3, 0.4) is 0 Å². The van der Waals surface area contributed by atoms with Gasteiger partial charge in [-0.1, -0.05) is 12.8 Å². The average molecular weight is 236 g/mol. The Hall–Kier alpha value is -1.65. The lowest BCUT2D eigenvalue weighted by atomic mass is 9.96. The number of carboxylic acids is 1. The molecule has 0 aliphatic heterocycles. The summed E-state index contributed by atoms with van der Waals surface area (Å²) in [4.78, 5) is 27.3. The zero-order valence-corrected chi connectivity index (χ0v) is 10.1. The first-order valence-corrected chi connectivity index (χ1v) is 5.78. The van der Waals surface area contributed by atoms with E-state index in [2.05, 4.69) is 4.98 Å². The van der Waals surface area contributed by atoms with Gasteiger partial charge in [-0.2, -0.15) is 4.98 Å². The van der Waals surface area contributed by atoms with Gasteiger partial charge in [-0.15, -0.1) is 0 Å². The van der Waals surface area contributed by atoms with E-state index < -0.39 is 17.2 Å². The molecule has 1 fully saturated rings. The third-order valence-corrected chi connectivity index (χ3v) is 3.49. The van der Waals surface area contributed by atoms with Crippen molar-refractivity contribution in [2.75, 3.05) is 0 Å². The van der Waals surface area contributed by atoms with Crippen molar-refractivity contribution >= 4 is 5.97 Å². The predicted octanol–water partition coefficient (Wildman–Crippen LogP) is 1.21. The van der Waals surface area contributed by atoms with Crippen LogP contribution in [0.25, 0.3) is 0 Å². The van der Waals surface area contributed by atoms with Crippen LogP contribution in [-0.2, 0) is 10.3 Å². The third kappa shape index (κ3) is 1.75. The van der Waals surface area contributed by atoms with E-state index in [1.54, 1.807) is 19.9 Å². The van der Waals surface area contributed by atoms with Crippen molar-refractivity contribution in [3.05, 3.63) is 27.9 Å². The molecule has 0 spiro atoms. The molecule has 0 unspecified atom stereocenters. The maximum atomic E-state index is 11.9. The van der Waals surface area contributed by atoms with Gasteiger partial charge in [0.1, 0.15) is 5.54 Å². The summed E-state index contributed by atoms with van der Waals surface area (Å²) in [5, 5.41) is 9.45. The number of hydrogen-bond acceptors (Lipinski definition) is 3. The fourth-order valence-electron chi connectivity index (χ4n) is 2.76. The standard InChI is InChI=1S/C12H16N2O3/c1-8-7-9(2)14(11(17)13-8)12(10(15)16)5-3-4-6-12/h7H,3-6H2,1-2H3,(H,15,16). The number of aliphatic carboxylic acids is 1. The van der Waals surface area contributed by atoms with Crippen molar-refractivity contribution in [1.29, 1.82) is 0 Å². The van der Waals surface area contributed by atoms with E-state index in [1.165, 1.54) is 4.57 Å². The fourth-order valence-corrected chi connectivity index (χ4v) is 2.76. The number of rotatable bonds is 2. The van der Waals surface area contributed by atoms with E-state index in [4.69, 9.17) is 0 Å². The second kappa shape index (κ2) is 3.98. The molecule has 1 aliphatic carbocycles. The van der Waals surface area contributed by atoms with Gasteiger partial charge in [-0.05, 0) is 32.8 Å². The second-order valence-electron chi connectivity index (χ2n) is 4.70. The molecule has 0 saturated heterocycles. The first-order chi connectivity index (χ1) is 7.97. The number of carbonyl (C=O) groups is 1. The van der Waals surface area contributed by atoms with E-state index >= 15 is 0 Å². The van der Waals surface area contributed by atoms with Gasteiger partial charge in [0.2, 0.25) is 0 Å². The van der Waals surface area contributed by atoms with E-state index in [1.807, 2.05) is 0 Å². The molecular formula is C12H16N2O3. The molecule has 0 amide bonds. The molecule has 17 heavy (non-hydrogen) atoms. The SMILES string of the molecule is Cc1cc(C)n(C2(C(=O)O)CCCC2)c(=O)n1. The third-order valence-electron chi connectivity index (χ3n) is 3.49. The summed E-state index contributed by atoms with van der Waals surface area (Å²) in [6.07, 6.45) is 2.69. The molecule has 0 aromatic carbocycles. The van der Waals surface area contributed by atoms with Crippen molar-refractivity contribution in [2.45, 2.75) is 45.1 Å². The molecule has 1 aromatic heterocycles. The van der Waals surface area contributed by atoms with Crippen LogP contribution < -0.4 is 5.69 Å². The van der Waals surface area contributed by atoms with Gasteiger partial charge in [-0.3, -0.25) is 4.57 Å². The summed E-state index contributed by atoms with van der Waals surface area (Å²) in [5.41, 5.74) is -0.233. The number of aromatic nitrogens is 2. The lowest BCUT2D eigenvalue weighted by Crippen LogP contribution is -2.47. The smallest absolute Gasteiger partial charge is 0.348 e. The topological polar surface area (TPSA) is 72.2 Å². The van der Waals surface area contributed by atoms with Crippen molar-refractivity contribution in [2.24, 2.45) is 0 Å². The maximum absolute atomic E-state index is 11.9. The van der Waals surface area contributed by atoms with Gasteiger partial charge >= 0.3 is 11.7 Å². The summed E-state index contributed by atoms with van der Waals surface area (Å²) in [7, 11) is 0. The van der Waals surface area contributed by atoms with Crippen LogP contribution in [0.1, 0.15) is 37.1 Å². The molecule has 5 nitrogen and oxygen atoms in total. The van der Waals surface area contributed by atoms with E-state index in [9.17, 15) is 14.7 Å². The monoisotopic (exact) mass is 236 g/mol. The Bertz CT molecular complexity index is 513. The Labute approximate surface area is 99.1 Å². The van der Waals surface area contributed by atoms with Gasteiger partial charge in [0.15, 0.2) is 0 Å². The minimum Gasteiger partial charge on any atom is -0.479 e. The number of aryl methyl sites for hydroxylation is 2. The fraction of sp³-hybridized carbons (Fsp3) is 0.583. The minimum atomic E-state index is -1.08. The highest BCUT2D eigenvalue weighted by molar-refractivity contribution is 5.77. The molecule has 0 radical (unpaired) electrons. The van der Waals surface area contributed by atoms with Crippen molar-refractivity contribution < 1.29 is 9.90 Å². The normalized spacial score (nSPS) is 18.2. The van der Waals surface area contributed by atoms with Crippen LogP contribution in [0.4, 0.5) is 0 Å². The highest BCUT2D eigenvalue weighted by Gasteiger charge is 2.44. The molecule has 0 bridgehead atoms. The second-order valence-corrected chi connectivity index (χ2v) is 4.70. The first-order valence-electron chi connectivity index (χ1n) is 5.78. The highest BCUT2D eigenvalue weighted by Crippen LogP contribution is 2.36. The van der Waals surface area contributed by atoms with Crippen LogP contribution >= 0.6 is 0 Å². The molecule has 1 heterocycles. The lowest BCUT2D eigenvalue weighted by Gasteiger charge is -2.28. The van der Waals surface area contributed by atoms with Crippen LogP contribution in [0.15, 0.2) is 10.9 Å². The molecule has 1 N–H and O–H groups in total. The van der Waals surface area contributed by atoms with Gasteiger partial charge < -0.3 is 5.11 Å². The summed E-state index contributed by atoms with van der Waals surface area (Å²) in [5.74, 6) is -0.925. The number of carboxylic acid groups (broad SMARTS) is 1. The molecule has 1 saturated carbocycles. The van der Waals surface area contributed by atoms with E-state index in [-0.39, 0.29) is 0 Å². The van der Waals surface area contributed by atoms with E-state index in [0.717, 1.165) is 12.8 Å². The molecule has 1 aliphatic rings. The molecule has 2 rings (SSSR count). The van der Waals surface area contributed by atoms with E-state index in [0.29, 0.717) is 24.2 Å². The summed E-state index contributed by atoms with van der Waals surface area (Å²) in [6.45, 7) is 3.50. The predicted molar refractivity (Wildman–Crippen MR) is 62.0 cm³/mol. The zero-order chi connectivity index (χ0) is 12.6. The number of hydrogen-bond donors (Lipinski definition) is 1. The van der Waals surface area contributed by atoms with Crippen molar-refractivity contribution in [3.63, 3.8) is 0 Å². The quantitative estimate of drug-likeness (QED) is 0.837. The largest absolute Gasteiger partial charge is 0.479 e. The van der Waals surface area contributed by atoms with Crippen molar-refractivity contribution in [3.8, 4) is 0 Å². The van der Waals surface area contributed by atoms with Gasteiger partial charge in [0, 0.05) is 11.4 Å². The maximum Gasteiger partial charge on any atom is 0.348 e.